The highest BCUT2D eigenvalue weighted by Gasteiger charge is 2.09. The zero-order valence-corrected chi connectivity index (χ0v) is 7.10. The van der Waals surface area contributed by atoms with Crippen LogP contribution in [0, 0.1) is 0 Å². The molecule has 0 spiro atoms. The molecule has 0 bridgehead atoms. The molecule has 1 rings (SSSR count). The summed E-state index contributed by atoms with van der Waals surface area (Å²) in [5, 5.41) is 10.7. The largest absolute Gasteiger partial charge is 0.392 e. The molecule has 11 heavy (non-hydrogen) atoms. The van der Waals surface area contributed by atoms with Crippen molar-refractivity contribution in [1.82, 2.24) is 0 Å². The Hall–Kier alpha value is -0.670. The lowest BCUT2D eigenvalue weighted by atomic mass is 10.1. The second-order valence-corrected chi connectivity index (χ2v) is 3.34. The number of rotatable bonds is 3. The molecule has 0 aliphatic carbocycles. The van der Waals surface area contributed by atoms with E-state index in [-0.39, 0.29) is 12.5 Å². The SMILES string of the molecule is CC(C=O)c1sccc1CO. The maximum absolute atomic E-state index is 10.4. The number of hydrogen-bond acceptors (Lipinski definition) is 3. The summed E-state index contributed by atoms with van der Waals surface area (Å²) in [7, 11) is 0. The van der Waals surface area contributed by atoms with Crippen LogP contribution >= 0.6 is 11.3 Å². The van der Waals surface area contributed by atoms with E-state index in [0.717, 1.165) is 16.7 Å². The fourth-order valence-corrected chi connectivity index (χ4v) is 1.87. The Kier molecular flexibility index (Phi) is 2.79. The van der Waals surface area contributed by atoms with Gasteiger partial charge in [-0.15, -0.1) is 11.3 Å². The molecule has 1 atom stereocenters. The third kappa shape index (κ3) is 1.67. The third-order valence-electron chi connectivity index (χ3n) is 1.57. The molecular weight excluding hydrogens is 160 g/mol. The van der Waals surface area contributed by atoms with Crippen molar-refractivity contribution in [2.45, 2.75) is 19.4 Å². The lowest BCUT2D eigenvalue weighted by Gasteiger charge is -2.01. The van der Waals surface area contributed by atoms with Crippen LogP contribution in [0.3, 0.4) is 0 Å². The smallest absolute Gasteiger partial charge is 0.128 e. The molecule has 1 unspecified atom stereocenters. The highest BCUT2D eigenvalue weighted by atomic mass is 32.1. The van der Waals surface area contributed by atoms with E-state index in [1.807, 2.05) is 18.4 Å². The summed E-state index contributed by atoms with van der Waals surface area (Å²) in [6, 6.07) is 1.85. The van der Waals surface area contributed by atoms with E-state index in [2.05, 4.69) is 0 Å². The predicted octanol–water partition coefficient (Wildman–Crippen LogP) is 1.54. The first-order chi connectivity index (χ1) is 5.29. The highest BCUT2D eigenvalue weighted by molar-refractivity contribution is 7.10. The summed E-state index contributed by atoms with van der Waals surface area (Å²) in [5.74, 6) is -0.0860. The molecule has 1 heterocycles. The lowest BCUT2D eigenvalue weighted by Crippen LogP contribution is -1.95. The van der Waals surface area contributed by atoms with E-state index >= 15 is 0 Å². The van der Waals surface area contributed by atoms with E-state index in [9.17, 15) is 4.79 Å². The van der Waals surface area contributed by atoms with E-state index in [1.54, 1.807) is 0 Å². The van der Waals surface area contributed by atoms with Gasteiger partial charge in [0, 0.05) is 10.8 Å². The zero-order valence-electron chi connectivity index (χ0n) is 6.28. The monoisotopic (exact) mass is 170 g/mol. The van der Waals surface area contributed by atoms with E-state index in [1.165, 1.54) is 11.3 Å². The molecule has 1 aromatic heterocycles. The number of aliphatic hydroxyl groups is 1. The summed E-state index contributed by atoms with van der Waals surface area (Å²) in [4.78, 5) is 11.4. The molecule has 3 heteroatoms. The lowest BCUT2D eigenvalue weighted by molar-refractivity contribution is -0.108. The van der Waals surface area contributed by atoms with Crippen LogP contribution in [-0.2, 0) is 11.4 Å². The van der Waals surface area contributed by atoms with Crippen LogP contribution in [0.5, 0.6) is 0 Å². The van der Waals surface area contributed by atoms with Gasteiger partial charge in [-0.1, -0.05) is 6.92 Å². The number of carbonyl (C=O) groups is 1. The minimum absolute atomic E-state index is 0.0248. The summed E-state index contributed by atoms with van der Waals surface area (Å²) >= 11 is 1.52. The average Bonchev–Trinajstić information content (AvgIpc) is 2.50. The quantitative estimate of drug-likeness (QED) is 0.699. The molecule has 0 amide bonds. The van der Waals surface area contributed by atoms with Gasteiger partial charge in [-0.25, -0.2) is 0 Å². The summed E-state index contributed by atoms with van der Waals surface area (Å²) in [6.45, 7) is 1.86. The van der Waals surface area contributed by atoms with Crippen LogP contribution < -0.4 is 0 Å². The molecule has 2 nitrogen and oxygen atoms in total. The van der Waals surface area contributed by atoms with Crippen molar-refractivity contribution >= 4 is 17.6 Å². The van der Waals surface area contributed by atoms with Gasteiger partial charge in [-0.3, -0.25) is 0 Å². The third-order valence-corrected chi connectivity index (χ3v) is 2.73. The Morgan fingerprint density at radius 1 is 1.82 bits per heavy atom. The Morgan fingerprint density at radius 3 is 3.09 bits per heavy atom. The van der Waals surface area contributed by atoms with Crippen molar-refractivity contribution in [3.63, 3.8) is 0 Å². The van der Waals surface area contributed by atoms with Gasteiger partial charge in [0.2, 0.25) is 0 Å². The standard InChI is InChI=1S/C8H10O2S/c1-6(4-9)8-7(5-10)2-3-11-8/h2-4,6,10H,5H2,1H3. The van der Waals surface area contributed by atoms with Crippen LogP contribution in [0.15, 0.2) is 11.4 Å². The topological polar surface area (TPSA) is 37.3 Å². The Labute approximate surface area is 69.5 Å². The molecular formula is C8H10O2S. The Bertz CT molecular complexity index is 242. The highest BCUT2D eigenvalue weighted by Crippen LogP contribution is 2.24. The second kappa shape index (κ2) is 3.64. The van der Waals surface area contributed by atoms with Gasteiger partial charge < -0.3 is 9.90 Å². The number of hydrogen-bond donors (Lipinski definition) is 1. The predicted molar refractivity (Wildman–Crippen MR) is 44.7 cm³/mol. The molecule has 0 saturated heterocycles. The fraction of sp³-hybridized carbons (Fsp3) is 0.375. The number of thiophene rings is 1. The van der Waals surface area contributed by atoms with Gasteiger partial charge in [0.15, 0.2) is 0 Å². The van der Waals surface area contributed by atoms with Crippen LogP contribution in [0.1, 0.15) is 23.3 Å². The van der Waals surface area contributed by atoms with Crippen LogP contribution in [-0.4, -0.2) is 11.4 Å². The van der Waals surface area contributed by atoms with Crippen LogP contribution in [0.25, 0.3) is 0 Å². The molecule has 0 aliphatic heterocycles. The minimum Gasteiger partial charge on any atom is -0.392 e. The van der Waals surface area contributed by atoms with Gasteiger partial charge in [-0.05, 0) is 17.0 Å². The minimum atomic E-state index is -0.0860. The molecule has 60 valence electrons. The molecule has 1 aromatic rings. The van der Waals surface area contributed by atoms with Crippen molar-refractivity contribution in [1.29, 1.82) is 0 Å². The van der Waals surface area contributed by atoms with Crippen molar-refractivity contribution in [3.8, 4) is 0 Å². The Morgan fingerprint density at radius 2 is 2.55 bits per heavy atom. The van der Waals surface area contributed by atoms with E-state index in [0.29, 0.717) is 0 Å². The maximum atomic E-state index is 10.4. The van der Waals surface area contributed by atoms with Gasteiger partial charge in [-0.2, -0.15) is 0 Å². The average molecular weight is 170 g/mol. The van der Waals surface area contributed by atoms with Crippen molar-refractivity contribution in [2.24, 2.45) is 0 Å². The second-order valence-electron chi connectivity index (χ2n) is 2.39. The summed E-state index contributed by atoms with van der Waals surface area (Å²) in [5.41, 5.74) is 0.870. The molecule has 0 aromatic carbocycles. The first kappa shape index (κ1) is 8.43. The molecule has 0 fully saturated rings. The summed E-state index contributed by atoms with van der Waals surface area (Å²) in [6.07, 6.45) is 0.894. The number of carbonyl (C=O) groups excluding carboxylic acids is 1. The van der Waals surface area contributed by atoms with Crippen molar-refractivity contribution in [3.05, 3.63) is 21.9 Å². The first-order valence-electron chi connectivity index (χ1n) is 3.42. The van der Waals surface area contributed by atoms with Gasteiger partial charge in [0.25, 0.3) is 0 Å². The van der Waals surface area contributed by atoms with Crippen molar-refractivity contribution < 1.29 is 9.90 Å². The molecule has 1 N–H and O–H groups in total. The number of aliphatic hydroxyl groups excluding tert-OH is 1. The first-order valence-corrected chi connectivity index (χ1v) is 4.30. The van der Waals surface area contributed by atoms with Crippen molar-refractivity contribution in [2.75, 3.05) is 0 Å². The maximum Gasteiger partial charge on any atom is 0.128 e. The van der Waals surface area contributed by atoms with Gasteiger partial charge in [0.1, 0.15) is 6.29 Å². The van der Waals surface area contributed by atoms with E-state index in [4.69, 9.17) is 5.11 Å². The zero-order chi connectivity index (χ0) is 8.27. The molecule has 0 aliphatic rings. The van der Waals surface area contributed by atoms with E-state index < -0.39 is 0 Å². The number of aldehydes is 1. The van der Waals surface area contributed by atoms with Crippen LogP contribution in [0.4, 0.5) is 0 Å². The molecule has 0 radical (unpaired) electrons. The normalized spacial score (nSPS) is 12.9. The fourth-order valence-electron chi connectivity index (χ4n) is 0.939. The summed E-state index contributed by atoms with van der Waals surface area (Å²) < 4.78 is 0. The van der Waals surface area contributed by atoms with Gasteiger partial charge >= 0.3 is 0 Å². The Balaban J connectivity index is 2.91. The van der Waals surface area contributed by atoms with Crippen LogP contribution in [0.2, 0.25) is 0 Å². The van der Waals surface area contributed by atoms with Gasteiger partial charge in [0.05, 0.1) is 6.61 Å². The molecule has 0 saturated carbocycles.